The van der Waals surface area contributed by atoms with Crippen molar-refractivity contribution in [3.8, 4) is 66.6 Å². The summed E-state index contributed by atoms with van der Waals surface area (Å²) in [5.74, 6) is 1.81. The number of rotatable bonds is 6. The summed E-state index contributed by atoms with van der Waals surface area (Å²) in [7, 11) is -2.39. The summed E-state index contributed by atoms with van der Waals surface area (Å²) in [5.41, 5.74) is 25.7. The zero-order valence-electron chi connectivity index (χ0n) is 40.4. The van der Waals surface area contributed by atoms with E-state index in [1.165, 1.54) is 119 Å². The lowest BCUT2D eigenvalue weighted by atomic mass is 9.95. The Balaban J connectivity index is 0.000000260. The second kappa shape index (κ2) is 23.2. The molecule has 0 bridgehead atoms. The number of aryl methyl sites for hydroxylation is 12. The van der Waals surface area contributed by atoms with Gasteiger partial charge in [0, 0.05) is 16.2 Å². The summed E-state index contributed by atoms with van der Waals surface area (Å²) >= 11 is 0. The Bertz CT molecular complexity index is 2600. The summed E-state index contributed by atoms with van der Waals surface area (Å²) in [6, 6.07) is 48.8. The Morgan fingerprint density at radius 3 is 0.909 bits per heavy atom. The van der Waals surface area contributed by atoms with E-state index in [2.05, 4.69) is 217 Å². The molecule has 8 aromatic rings. The maximum Gasteiger partial charge on any atom is 0.762 e. The topological polar surface area (TPSA) is 11.3 Å². The van der Waals surface area contributed by atoms with Crippen LogP contribution in [0.5, 0.6) is 0 Å². The van der Waals surface area contributed by atoms with Crippen LogP contribution in [0.3, 0.4) is 0 Å². The van der Waals surface area contributed by atoms with E-state index >= 15 is 0 Å². The molecule has 1 atom stereocenters. The van der Waals surface area contributed by atoms with Gasteiger partial charge < -0.3 is 4.70 Å². The zero-order valence-corrected chi connectivity index (χ0v) is 42.7. The summed E-state index contributed by atoms with van der Waals surface area (Å²) in [5, 5.41) is 2.76. The molecule has 2 aromatic heterocycles. The molecule has 0 spiro atoms. The van der Waals surface area contributed by atoms with Crippen LogP contribution in [0, 0.1) is 83.1 Å². The number of hydrogen-bond acceptors (Lipinski definition) is 0. The molecule has 0 fully saturated rings. The Labute approximate surface area is 395 Å². The number of hydrogen-bond donors (Lipinski definition) is 0. The highest BCUT2D eigenvalue weighted by Crippen LogP contribution is 2.44. The lowest BCUT2D eigenvalue weighted by molar-refractivity contribution is -0.0000166. The molecule has 8 rings (SSSR count). The van der Waals surface area contributed by atoms with Crippen molar-refractivity contribution < 1.29 is 22.1 Å². The van der Waals surface area contributed by atoms with Gasteiger partial charge in [0.05, 0.1) is 23.3 Å². The van der Waals surface area contributed by atoms with Gasteiger partial charge in [-0.05, 0) is 202 Å². The highest BCUT2D eigenvalue weighted by molar-refractivity contribution is 7.37. The molecular formula is C58H61BF4OP2. The van der Waals surface area contributed by atoms with Crippen LogP contribution in [0.2, 0.25) is 0 Å². The van der Waals surface area contributed by atoms with Gasteiger partial charge in [-0.15, -0.1) is 0 Å². The largest absolute Gasteiger partial charge is 1.00 e. The minimum absolute atomic E-state index is 0. The van der Waals surface area contributed by atoms with Crippen molar-refractivity contribution in [2.75, 3.05) is 0 Å². The van der Waals surface area contributed by atoms with E-state index in [1.807, 2.05) is 0 Å². The van der Waals surface area contributed by atoms with Gasteiger partial charge in [-0.1, -0.05) is 105 Å². The fourth-order valence-corrected chi connectivity index (χ4v) is 9.48. The molecule has 66 heavy (non-hydrogen) atoms. The molecule has 0 amide bonds. The molecule has 8 heteroatoms. The predicted molar refractivity (Wildman–Crippen MR) is 282 cm³/mol. The molecule has 1 unspecified atom stereocenters. The van der Waals surface area contributed by atoms with E-state index < -0.39 is 7.54 Å². The molecular weight excluding hydrogens is 861 g/mol. The maximum atomic E-state index is 9.67. The minimum atomic E-state index is -3.67. The fourth-order valence-electron chi connectivity index (χ4n) is 8.09. The van der Waals surface area contributed by atoms with Crippen molar-refractivity contribution in [2.24, 2.45) is 0 Å². The quantitative estimate of drug-likeness (QED) is 0.0700. The van der Waals surface area contributed by atoms with Gasteiger partial charge in [0.2, 0.25) is 0 Å². The van der Waals surface area contributed by atoms with Crippen LogP contribution in [-0.2, 0) is 0 Å². The zero-order chi connectivity index (χ0) is 46.4. The summed E-state index contributed by atoms with van der Waals surface area (Å²) in [4.78, 5) is 0. The smallest absolute Gasteiger partial charge is 0.762 e. The third-order valence-electron chi connectivity index (χ3n) is 12.3. The Morgan fingerprint density at radius 2 is 0.591 bits per heavy atom. The minimum Gasteiger partial charge on any atom is -1.00 e. The third-order valence-corrected chi connectivity index (χ3v) is 13.5. The van der Waals surface area contributed by atoms with Gasteiger partial charge in [0.15, 0.2) is 0 Å². The lowest BCUT2D eigenvalue weighted by Gasteiger charge is -2.16. The van der Waals surface area contributed by atoms with Crippen LogP contribution < -0.4 is 4.70 Å². The predicted octanol–water partition coefficient (Wildman–Crippen LogP) is 15.5. The van der Waals surface area contributed by atoms with E-state index in [4.69, 9.17) is 4.42 Å². The molecule has 1 nitrogen and oxygen atoms in total. The average molecular weight is 923 g/mol. The number of benzene rings is 6. The molecule has 2 heterocycles. The molecule has 0 aliphatic carbocycles. The summed E-state index contributed by atoms with van der Waals surface area (Å²) in [6.45, 7) is 26.3. The van der Waals surface area contributed by atoms with Crippen LogP contribution in [0.4, 0.5) is 12.9 Å². The second-order valence-electron chi connectivity index (χ2n) is 17.2. The fraction of sp³-hybridized carbons (Fsp3) is 0.207. The highest BCUT2D eigenvalue weighted by atomic mass is 31.0. The Morgan fingerprint density at radius 1 is 0.333 bits per heavy atom. The lowest BCUT2D eigenvalue weighted by Crippen LogP contribution is -3.00. The third kappa shape index (κ3) is 12.8. The van der Waals surface area contributed by atoms with Gasteiger partial charge >= 0.3 is 19.1 Å². The molecule has 0 aliphatic rings. The first-order valence-electron chi connectivity index (χ1n) is 21.8. The van der Waals surface area contributed by atoms with Gasteiger partial charge in [-0.2, -0.15) is 9.90 Å². The standard InChI is InChI=1S/C29H29O.C29H29P.BF3.FH.H3P/c2*1-18-12-22(5)26(14-20(18)3)28-16-25(24-10-8-7-9-11-24)17-29(30-28)27-15-21(4)19(2)13-23(27)6;2-1(3)4;;/h2*7-17H,1-6H3;;1H;1H3/q+1;;;;/p-1. The van der Waals surface area contributed by atoms with Crippen molar-refractivity contribution in [1.82, 2.24) is 0 Å². The molecule has 340 valence electrons. The van der Waals surface area contributed by atoms with Gasteiger partial charge in [-0.25, -0.2) is 4.42 Å². The molecule has 0 N–H and O–H groups in total. The van der Waals surface area contributed by atoms with E-state index in [0.29, 0.717) is 0 Å². The Kier molecular flexibility index (Phi) is 18.6. The molecule has 0 saturated carbocycles. The normalized spacial score (nSPS) is 10.4. The average Bonchev–Trinajstić information content (AvgIpc) is 3.26. The second-order valence-corrected chi connectivity index (χ2v) is 18.4. The van der Waals surface area contributed by atoms with E-state index in [9.17, 15) is 12.9 Å². The summed E-state index contributed by atoms with van der Waals surface area (Å²) < 4.78 is 35.6. The van der Waals surface area contributed by atoms with E-state index in [1.54, 1.807) is 0 Å². The maximum absolute atomic E-state index is 9.67. The Hall–Kier alpha value is -5.67. The van der Waals surface area contributed by atoms with Crippen LogP contribution in [0.15, 0.2) is 138 Å². The van der Waals surface area contributed by atoms with Crippen LogP contribution in [-0.4, -0.2) is 7.54 Å². The first-order chi connectivity index (χ1) is 30.4. The van der Waals surface area contributed by atoms with Crippen molar-refractivity contribution in [3.05, 3.63) is 200 Å². The molecule has 0 radical (unpaired) electrons. The van der Waals surface area contributed by atoms with Crippen molar-refractivity contribution >= 4 is 25.6 Å². The molecule has 6 aromatic carbocycles. The first kappa shape index (κ1) is 53.0. The van der Waals surface area contributed by atoms with Gasteiger partial charge in [0.25, 0.3) is 0 Å². The molecule has 0 saturated heterocycles. The highest BCUT2D eigenvalue weighted by Gasteiger charge is 2.24. The monoisotopic (exact) mass is 922 g/mol. The summed E-state index contributed by atoms with van der Waals surface area (Å²) in [6.07, 6.45) is 0. The van der Waals surface area contributed by atoms with Crippen LogP contribution in [0.1, 0.15) is 66.8 Å². The number of halogens is 4. The van der Waals surface area contributed by atoms with Crippen molar-refractivity contribution in [1.29, 1.82) is 0 Å². The van der Waals surface area contributed by atoms with E-state index in [-0.39, 0.29) is 14.6 Å². The van der Waals surface area contributed by atoms with Crippen molar-refractivity contribution in [3.63, 3.8) is 0 Å². The van der Waals surface area contributed by atoms with E-state index in [0.717, 1.165) is 22.6 Å². The first-order valence-corrected chi connectivity index (χ1v) is 22.7. The van der Waals surface area contributed by atoms with Crippen LogP contribution >= 0.6 is 18.1 Å². The SMILES string of the molecule is Cc1cc(C)c(-c2cc(-c3ccccc3)cc(-c3cc(C)c(C)cc3C)[o+]2)cc1C.Cc1cc(C)c(-c2cc(-c3ccccc3)cc(-c3cc(C)c(C)cc3C)p2)cc1C.FB(F)F.P.[F-]. The van der Waals surface area contributed by atoms with Gasteiger partial charge in [0.1, 0.15) is 0 Å². The molecule has 0 aliphatic heterocycles. The van der Waals surface area contributed by atoms with Crippen LogP contribution in [0.25, 0.3) is 66.6 Å². The van der Waals surface area contributed by atoms with Gasteiger partial charge in [-0.3, -0.25) is 12.9 Å². The van der Waals surface area contributed by atoms with Crippen molar-refractivity contribution in [2.45, 2.75) is 83.1 Å².